The van der Waals surface area contributed by atoms with Gasteiger partial charge in [0, 0.05) is 17.1 Å². The van der Waals surface area contributed by atoms with Gasteiger partial charge in [-0.1, -0.05) is 24.3 Å². The number of carbonyl (C=O) groups is 1. The number of nitrogens with zero attached hydrogens (tertiary/aromatic N) is 1. The van der Waals surface area contributed by atoms with Crippen LogP contribution < -0.4 is 5.32 Å². The third-order valence-corrected chi connectivity index (χ3v) is 5.03. The quantitative estimate of drug-likeness (QED) is 0.785. The van der Waals surface area contributed by atoms with Crippen LogP contribution in [-0.4, -0.2) is 30.2 Å². The van der Waals surface area contributed by atoms with E-state index in [1.165, 1.54) is 10.5 Å². The highest BCUT2D eigenvalue weighted by Gasteiger charge is 2.19. The Balaban J connectivity index is 1.99. The lowest BCUT2D eigenvalue weighted by molar-refractivity contribution is -0.120. The van der Waals surface area contributed by atoms with Crippen LogP contribution in [0.1, 0.15) is 23.6 Å². The van der Waals surface area contributed by atoms with Gasteiger partial charge in [0.25, 0.3) is 0 Å². The van der Waals surface area contributed by atoms with Crippen molar-refractivity contribution < 1.29 is 4.79 Å². The van der Waals surface area contributed by atoms with Crippen molar-refractivity contribution in [3.8, 4) is 0 Å². The lowest BCUT2D eigenvalue weighted by Crippen LogP contribution is -2.39. The Morgan fingerprint density at radius 3 is 2.46 bits per heavy atom. The van der Waals surface area contributed by atoms with E-state index in [1.54, 1.807) is 11.8 Å². The van der Waals surface area contributed by atoms with Crippen LogP contribution >= 0.6 is 11.8 Å². The van der Waals surface area contributed by atoms with Crippen molar-refractivity contribution in [2.45, 2.75) is 38.3 Å². The predicted molar refractivity (Wildman–Crippen MR) is 104 cm³/mol. The molecule has 2 aromatic carbocycles. The number of rotatable bonds is 6. The highest BCUT2D eigenvalue weighted by atomic mass is 32.2. The number of amides is 1. The van der Waals surface area contributed by atoms with Crippen LogP contribution in [0.4, 0.5) is 5.69 Å². The molecule has 128 valence electrons. The molecule has 0 heterocycles. The predicted octanol–water partition coefficient (Wildman–Crippen LogP) is 4.48. The second kappa shape index (κ2) is 8.36. The lowest BCUT2D eigenvalue weighted by atomic mass is 10.1. The van der Waals surface area contributed by atoms with Crippen LogP contribution in [-0.2, 0) is 11.3 Å². The zero-order valence-electron chi connectivity index (χ0n) is 15.1. The Morgan fingerprint density at radius 2 is 1.83 bits per heavy atom. The summed E-state index contributed by atoms with van der Waals surface area (Å²) in [5.41, 5.74) is 4.33. The molecule has 1 N–H and O–H groups in total. The zero-order chi connectivity index (χ0) is 17.7. The van der Waals surface area contributed by atoms with Gasteiger partial charge >= 0.3 is 0 Å². The first-order valence-corrected chi connectivity index (χ1v) is 9.34. The van der Waals surface area contributed by atoms with Crippen LogP contribution in [0, 0.1) is 13.8 Å². The topological polar surface area (TPSA) is 32.3 Å². The molecule has 0 aromatic heterocycles. The summed E-state index contributed by atoms with van der Waals surface area (Å²) in [6, 6.07) is 14.4. The minimum atomic E-state index is -0.204. The maximum absolute atomic E-state index is 12.6. The van der Waals surface area contributed by atoms with Gasteiger partial charge in [-0.05, 0) is 69.0 Å². The molecule has 0 aliphatic heterocycles. The Bertz CT molecular complexity index is 697. The lowest BCUT2D eigenvalue weighted by Gasteiger charge is -2.24. The maximum atomic E-state index is 12.6. The Labute approximate surface area is 149 Å². The molecular formula is C20H26N2OS. The minimum absolute atomic E-state index is 0.0203. The van der Waals surface area contributed by atoms with E-state index in [0.717, 1.165) is 23.4 Å². The average Bonchev–Trinajstić information content (AvgIpc) is 2.58. The number of carbonyl (C=O) groups excluding carboxylic acids is 1. The second-order valence-corrected chi connectivity index (χ2v) is 7.13. The molecule has 2 aromatic rings. The highest BCUT2D eigenvalue weighted by molar-refractivity contribution is 7.98. The van der Waals surface area contributed by atoms with Crippen LogP contribution in [0.25, 0.3) is 0 Å². The van der Waals surface area contributed by atoms with Crippen molar-refractivity contribution in [2.24, 2.45) is 0 Å². The van der Waals surface area contributed by atoms with Gasteiger partial charge in [-0.15, -0.1) is 11.8 Å². The Morgan fingerprint density at radius 1 is 1.17 bits per heavy atom. The van der Waals surface area contributed by atoms with Crippen molar-refractivity contribution in [3.63, 3.8) is 0 Å². The van der Waals surface area contributed by atoms with Crippen molar-refractivity contribution in [2.75, 3.05) is 18.6 Å². The molecule has 0 unspecified atom stereocenters. The normalized spacial score (nSPS) is 12.2. The van der Waals surface area contributed by atoms with Crippen molar-refractivity contribution in [3.05, 3.63) is 59.2 Å². The average molecular weight is 343 g/mol. The number of hydrogen-bond acceptors (Lipinski definition) is 3. The second-order valence-electron chi connectivity index (χ2n) is 6.25. The summed E-state index contributed by atoms with van der Waals surface area (Å²) in [6.45, 7) is 6.73. The molecular weight excluding hydrogens is 316 g/mol. The van der Waals surface area contributed by atoms with Gasteiger partial charge in [-0.3, -0.25) is 9.69 Å². The monoisotopic (exact) mass is 342 g/mol. The number of nitrogens with one attached hydrogen (secondary N) is 1. The third kappa shape index (κ3) is 4.86. The highest BCUT2D eigenvalue weighted by Crippen LogP contribution is 2.18. The van der Waals surface area contributed by atoms with Gasteiger partial charge in [0.1, 0.15) is 0 Å². The SMILES string of the molecule is CSc1ccc(CN(C)[C@H](C)C(=O)Nc2cc(C)ccc2C)cc1. The Hall–Kier alpha value is -1.78. The van der Waals surface area contributed by atoms with Gasteiger partial charge < -0.3 is 5.32 Å². The van der Waals surface area contributed by atoms with E-state index in [2.05, 4.69) is 46.8 Å². The van der Waals surface area contributed by atoms with E-state index in [1.807, 2.05) is 40.0 Å². The van der Waals surface area contributed by atoms with Crippen LogP contribution in [0.15, 0.2) is 47.4 Å². The van der Waals surface area contributed by atoms with E-state index in [0.29, 0.717) is 0 Å². The summed E-state index contributed by atoms with van der Waals surface area (Å²) in [6.07, 6.45) is 2.07. The zero-order valence-corrected chi connectivity index (χ0v) is 15.9. The summed E-state index contributed by atoms with van der Waals surface area (Å²) in [4.78, 5) is 15.9. The molecule has 0 fully saturated rings. The first kappa shape index (κ1) is 18.6. The first-order chi connectivity index (χ1) is 11.4. The van der Waals surface area contributed by atoms with Crippen molar-refractivity contribution in [1.82, 2.24) is 4.90 Å². The van der Waals surface area contributed by atoms with E-state index >= 15 is 0 Å². The van der Waals surface area contributed by atoms with Crippen molar-refractivity contribution in [1.29, 1.82) is 0 Å². The summed E-state index contributed by atoms with van der Waals surface area (Å²) in [5, 5.41) is 3.05. The first-order valence-electron chi connectivity index (χ1n) is 8.12. The number of aryl methyl sites for hydroxylation is 2. The molecule has 4 heteroatoms. The summed E-state index contributed by atoms with van der Waals surface area (Å²) in [5.74, 6) is 0.0203. The molecule has 24 heavy (non-hydrogen) atoms. The number of hydrogen-bond donors (Lipinski definition) is 1. The van der Waals surface area contributed by atoms with Crippen LogP contribution in [0.5, 0.6) is 0 Å². The fourth-order valence-corrected chi connectivity index (χ4v) is 2.87. The standard InChI is InChI=1S/C20H26N2OS/c1-14-6-7-15(2)19(12-14)21-20(23)16(3)22(4)13-17-8-10-18(24-5)11-9-17/h6-12,16H,13H2,1-5H3,(H,21,23)/t16-/m1/s1. The van der Waals surface area contributed by atoms with Gasteiger partial charge in [0.15, 0.2) is 0 Å². The van der Waals surface area contributed by atoms with E-state index in [9.17, 15) is 4.79 Å². The fraction of sp³-hybridized carbons (Fsp3) is 0.350. The largest absolute Gasteiger partial charge is 0.324 e. The summed E-state index contributed by atoms with van der Waals surface area (Å²) in [7, 11) is 1.98. The molecule has 1 amide bonds. The molecule has 2 rings (SSSR count). The van der Waals surface area contributed by atoms with Gasteiger partial charge in [-0.25, -0.2) is 0 Å². The van der Waals surface area contributed by atoms with E-state index in [4.69, 9.17) is 0 Å². The number of likely N-dealkylation sites (N-methyl/N-ethyl adjacent to an activating group) is 1. The maximum Gasteiger partial charge on any atom is 0.241 e. The molecule has 0 aliphatic rings. The molecule has 1 atom stereocenters. The Kier molecular flexibility index (Phi) is 6.46. The van der Waals surface area contributed by atoms with Gasteiger partial charge in [-0.2, -0.15) is 0 Å². The van der Waals surface area contributed by atoms with Gasteiger partial charge in [0.05, 0.1) is 6.04 Å². The smallest absolute Gasteiger partial charge is 0.241 e. The van der Waals surface area contributed by atoms with E-state index in [-0.39, 0.29) is 11.9 Å². The minimum Gasteiger partial charge on any atom is -0.324 e. The number of thioether (sulfide) groups is 1. The molecule has 0 aliphatic carbocycles. The number of benzene rings is 2. The van der Waals surface area contributed by atoms with E-state index < -0.39 is 0 Å². The number of anilines is 1. The molecule has 0 spiro atoms. The molecule has 0 radical (unpaired) electrons. The van der Waals surface area contributed by atoms with Crippen LogP contribution in [0.2, 0.25) is 0 Å². The summed E-state index contributed by atoms with van der Waals surface area (Å²) >= 11 is 1.73. The van der Waals surface area contributed by atoms with Gasteiger partial charge in [0.2, 0.25) is 5.91 Å². The summed E-state index contributed by atoms with van der Waals surface area (Å²) < 4.78 is 0. The third-order valence-electron chi connectivity index (χ3n) is 4.28. The van der Waals surface area contributed by atoms with Crippen LogP contribution in [0.3, 0.4) is 0 Å². The van der Waals surface area contributed by atoms with Crippen molar-refractivity contribution >= 4 is 23.4 Å². The molecule has 3 nitrogen and oxygen atoms in total. The molecule has 0 saturated heterocycles. The fourth-order valence-electron chi connectivity index (χ4n) is 2.46. The molecule has 0 bridgehead atoms. The molecule has 0 saturated carbocycles.